The van der Waals surface area contributed by atoms with Crippen LogP contribution in [0.3, 0.4) is 0 Å². The van der Waals surface area contributed by atoms with Crippen LogP contribution in [-0.2, 0) is 17.7 Å². The average molecular weight is 281 g/mol. The van der Waals surface area contributed by atoms with E-state index in [1.54, 1.807) is 14.2 Å². The lowest BCUT2D eigenvalue weighted by Crippen LogP contribution is -2.52. The first-order chi connectivity index (χ1) is 7.66. The Bertz CT molecular complexity index is 208. The maximum atomic E-state index is 6.04. The van der Waals surface area contributed by atoms with E-state index in [1.807, 2.05) is 34.2 Å². The van der Waals surface area contributed by atoms with Gasteiger partial charge in [-0.1, -0.05) is 0 Å². The van der Waals surface area contributed by atoms with Crippen molar-refractivity contribution in [1.29, 1.82) is 0 Å². The lowest BCUT2D eigenvalue weighted by molar-refractivity contribution is 0.109. The zero-order valence-corrected chi connectivity index (χ0v) is 14.5. The molecule has 0 aromatic heterocycles. The molecule has 0 aromatic carbocycles. The molecular weight excluding hydrogens is 252 g/mol. The summed E-state index contributed by atoms with van der Waals surface area (Å²) in [6.45, 7) is 12.3. The van der Waals surface area contributed by atoms with Crippen LogP contribution in [0.25, 0.3) is 0 Å². The first-order valence-corrected chi connectivity index (χ1v) is 11.2. The highest BCUT2D eigenvalue weighted by Gasteiger charge is 2.45. The van der Waals surface area contributed by atoms with Gasteiger partial charge in [0.2, 0.25) is 0 Å². The van der Waals surface area contributed by atoms with Gasteiger partial charge in [0.15, 0.2) is 0 Å². The molecule has 4 nitrogen and oxygen atoms in total. The van der Waals surface area contributed by atoms with Crippen molar-refractivity contribution >= 4 is 17.1 Å². The SMILES string of the molecule is CO[Si](C)(C[Si](C)(OC(C)C)OC(C)C)OC. The highest BCUT2D eigenvalue weighted by Crippen LogP contribution is 2.25. The van der Waals surface area contributed by atoms with Gasteiger partial charge in [0.25, 0.3) is 0 Å². The number of hydrogen-bond acceptors (Lipinski definition) is 4. The van der Waals surface area contributed by atoms with Gasteiger partial charge in [-0.2, -0.15) is 0 Å². The maximum Gasteiger partial charge on any atom is 0.337 e. The standard InChI is InChI=1S/C11H28O4Si2/c1-10(2)14-17(8,15-11(3)4)9-16(7,12-5)13-6/h10-11H,9H2,1-8H3. The molecule has 0 heterocycles. The van der Waals surface area contributed by atoms with E-state index in [9.17, 15) is 0 Å². The van der Waals surface area contributed by atoms with E-state index in [2.05, 4.69) is 6.55 Å². The largest absolute Gasteiger partial charge is 0.398 e. The molecule has 0 radical (unpaired) electrons. The molecule has 0 spiro atoms. The molecule has 6 heteroatoms. The fraction of sp³-hybridized carbons (Fsp3) is 1.00. The van der Waals surface area contributed by atoms with Gasteiger partial charge >= 0.3 is 17.1 Å². The molecule has 0 atom stereocenters. The topological polar surface area (TPSA) is 36.9 Å². The van der Waals surface area contributed by atoms with Gasteiger partial charge in [0.1, 0.15) is 0 Å². The second-order valence-electron chi connectivity index (χ2n) is 5.19. The molecule has 104 valence electrons. The van der Waals surface area contributed by atoms with Crippen molar-refractivity contribution in [3.05, 3.63) is 0 Å². The highest BCUT2D eigenvalue weighted by atomic mass is 28.4. The third-order valence-corrected chi connectivity index (χ3v) is 11.3. The van der Waals surface area contributed by atoms with E-state index >= 15 is 0 Å². The third-order valence-electron chi connectivity index (χ3n) is 2.48. The monoisotopic (exact) mass is 280 g/mol. The molecule has 0 amide bonds. The summed E-state index contributed by atoms with van der Waals surface area (Å²) < 4.78 is 23.2. The summed E-state index contributed by atoms with van der Waals surface area (Å²) in [4.78, 5) is 0. The minimum atomic E-state index is -2.24. The minimum Gasteiger partial charge on any atom is -0.398 e. The molecule has 0 unspecified atom stereocenters. The van der Waals surface area contributed by atoms with Crippen LogP contribution in [0.2, 0.25) is 18.8 Å². The van der Waals surface area contributed by atoms with Crippen LogP contribution >= 0.6 is 0 Å². The quantitative estimate of drug-likeness (QED) is 0.641. The van der Waals surface area contributed by atoms with Gasteiger partial charge in [-0.05, 0) is 40.8 Å². The van der Waals surface area contributed by atoms with Gasteiger partial charge in [0.05, 0.1) is 0 Å². The Morgan fingerprint density at radius 3 is 1.35 bits per heavy atom. The Balaban J connectivity index is 4.79. The number of rotatable bonds is 8. The molecule has 0 fully saturated rings. The van der Waals surface area contributed by atoms with Crippen LogP contribution in [0, 0.1) is 0 Å². The first kappa shape index (κ1) is 17.3. The maximum absolute atomic E-state index is 6.04. The molecule has 0 rings (SSSR count). The van der Waals surface area contributed by atoms with E-state index in [1.165, 1.54) is 0 Å². The van der Waals surface area contributed by atoms with Crippen LogP contribution in [0.15, 0.2) is 0 Å². The molecule has 0 bridgehead atoms. The second-order valence-corrected chi connectivity index (χ2v) is 12.4. The molecule has 0 saturated heterocycles. The van der Waals surface area contributed by atoms with Crippen molar-refractivity contribution in [2.24, 2.45) is 0 Å². The molecule has 0 aliphatic carbocycles. The zero-order valence-electron chi connectivity index (χ0n) is 12.5. The average Bonchev–Trinajstić information content (AvgIpc) is 2.14. The summed E-state index contributed by atoms with van der Waals surface area (Å²) in [5.41, 5.74) is 0.781. The van der Waals surface area contributed by atoms with Crippen molar-refractivity contribution in [3.63, 3.8) is 0 Å². The number of hydrogen-bond donors (Lipinski definition) is 0. The van der Waals surface area contributed by atoms with Crippen molar-refractivity contribution < 1.29 is 17.7 Å². The summed E-state index contributed by atoms with van der Waals surface area (Å²) in [6, 6.07) is 0. The summed E-state index contributed by atoms with van der Waals surface area (Å²) in [6.07, 6.45) is 0.328. The van der Waals surface area contributed by atoms with E-state index in [-0.39, 0.29) is 12.2 Å². The van der Waals surface area contributed by atoms with Gasteiger partial charge in [-0.25, -0.2) is 0 Å². The lowest BCUT2D eigenvalue weighted by Gasteiger charge is -2.35. The van der Waals surface area contributed by atoms with Crippen molar-refractivity contribution in [2.45, 2.75) is 58.7 Å². The molecule has 17 heavy (non-hydrogen) atoms. The normalized spacial score (nSPS) is 13.8. The third kappa shape index (κ3) is 6.68. The fourth-order valence-electron chi connectivity index (χ4n) is 1.92. The molecule has 0 saturated carbocycles. The van der Waals surface area contributed by atoms with Crippen LogP contribution in [0.1, 0.15) is 27.7 Å². The zero-order chi connectivity index (χ0) is 13.7. The predicted octanol–water partition coefficient (Wildman–Crippen LogP) is 2.81. The second kappa shape index (κ2) is 7.01. The van der Waals surface area contributed by atoms with E-state index in [4.69, 9.17) is 17.7 Å². The molecule has 0 aliphatic heterocycles. The summed E-state index contributed by atoms with van der Waals surface area (Å²) in [5, 5.41) is 0. The smallest absolute Gasteiger partial charge is 0.337 e. The lowest BCUT2D eigenvalue weighted by atomic mass is 10.5. The Hall–Kier alpha value is 0.274. The predicted molar refractivity (Wildman–Crippen MR) is 74.5 cm³/mol. The van der Waals surface area contributed by atoms with E-state index in [0.29, 0.717) is 0 Å². The summed E-state index contributed by atoms with van der Waals surface area (Å²) in [5.74, 6) is 0. The van der Waals surface area contributed by atoms with Crippen LogP contribution < -0.4 is 0 Å². The van der Waals surface area contributed by atoms with Gasteiger partial charge in [-0.15, -0.1) is 0 Å². The van der Waals surface area contributed by atoms with Crippen LogP contribution in [0.5, 0.6) is 0 Å². The van der Waals surface area contributed by atoms with Crippen molar-refractivity contribution in [1.82, 2.24) is 0 Å². The van der Waals surface area contributed by atoms with Gasteiger partial charge < -0.3 is 17.7 Å². The van der Waals surface area contributed by atoms with Crippen molar-refractivity contribution in [2.75, 3.05) is 14.2 Å². The fourth-order valence-corrected chi connectivity index (χ4v) is 10.6. The van der Waals surface area contributed by atoms with Crippen LogP contribution in [-0.4, -0.2) is 43.5 Å². The van der Waals surface area contributed by atoms with Gasteiger partial charge in [0, 0.05) is 32.1 Å². The van der Waals surface area contributed by atoms with E-state index < -0.39 is 17.1 Å². The molecule has 0 N–H and O–H groups in total. The minimum absolute atomic E-state index is 0.164. The Kier molecular flexibility index (Phi) is 7.12. The summed E-state index contributed by atoms with van der Waals surface area (Å²) >= 11 is 0. The highest BCUT2D eigenvalue weighted by molar-refractivity contribution is 6.84. The molecular formula is C11H28O4Si2. The van der Waals surface area contributed by atoms with E-state index in [0.717, 1.165) is 5.67 Å². The van der Waals surface area contributed by atoms with Crippen LogP contribution in [0.4, 0.5) is 0 Å². The van der Waals surface area contributed by atoms with Crippen molar-refractivity contribution in [3.8, 4) is 0 Å². The molecule has 0 aliphatic rings. The Labute approximate surface area is 108 Å². The molecule has 0 aromatic rings. The Morgan fingerprint density at radius 1 is 0.765 bits per heavy atom. The Morgan fingerprint density at radius 2 is 1.12 bits per heavy atom. The van der Waals surface area contributed by atoms with Gasteiger partial charge in [-0.3, -0.25) is 0 Å². The summed E-state index contributed by atoms with van der Waals surface area (Å²) in [7, 11) is -0.989. The first-order valence-electron chi connectivity index (χ1n) is 6.12.